The van der Waals surface area contributed by atoms with Crippen LogP contribution < -0.4 is 0 Å². The van der Waals surface area contributed by atoms with E-state index in [-0.39, 0.29) is 12.1 Å². The minimum absolute atomic E-state index is 0.144. The van der Waals surface area contributed by atoms with Crippen LogP contribution in [0.2, 0.25) is 0 Å². The van der Waals surface area contributed by atoms with Crippen LogP contribution in [0.4, 0.5) is 0 Å². The molecular weight excluding hydrogens is 312 g/mol. The van der Waals surface area contributed by atoms with Crippen molar-refractivity contribution in [3.05, 3.63) is 11.5 Å². The summed E-state index contributed by atoms with van der Waals surface area (Å²) in [6.07, 6.45) is 10.9. The highest BCUT2D eigenvalue weighted by Gasteiger charge is 2.40. The average molecular weight is 340 g/mol. The molecule has 0 atom stereocenters. The smallest absolute Gasteiger partial charge is 0.248 e. The first kappa shape index (κ1) is 17.0. The number of hydrogen-bond acceptors (Lipinski definition) is 4. The maximum absolute atomic E-state index is 13.5. The fourth-order valence-electron chi connectivity index (χ4n) is 4.31. The second-order valence-corrected chi connectivity index (χ2v) is 8.85. The maximum atomic E-state index is 13.5. The lowest BCUT2D eigenvalue weighted by molar-refractivity contribution is 0.169. The third-order valence-electron chi connectivity index (χ3n) is 5.37. The molecule has 0 bridgehead atoms. The van der Waals surface area contributed by atoms with E-state index in [2.05, 4.69) is 5.16 Å². The van der Waals surface area contributed by atoms with Gasteiger partial charge >= 0.3 is 0 Å². The quantitative estimate of drug-likeness (QED) is 0.832. The van der Waals surface area contributed by atoms with E-state index in [1.54, 1.807) is 13.8 Å². The molecule has 0 radical (unpaired) electrons. The maximum Gasteiger partial charge on any atom is 0.248 e. The predicted octanol–water partition coefficient (Wildman–Crippen LogP) is 3.95. The van der Waals surface area contributed by atoms with Gasteiger partial charge in [0.1, 0.15) is 10.6 Å². The van der Waals surface area contributed by atoms with Crippen molar-refractivity contribution in [2.45, 2.75) is 95.0 Å². The Labute approximate surface area is 139 Å². The van der Waals surface area contributed by atoms with Crippen LogP contribution in [0.3, 0.4) is 0 Å². The Hall–Kier alpha value is -0.880. The molecule has 2 aliphatic rings. The van der Waals surface area contributed by atoms with E-state index in [0.717, 1.165) is 51.4 Å². The highest BCUT2D eigenvalue weighted by Crippen LogP contribution is 2.36. The molecule has 0 aromatic carbocycles. The highest BCUT2D eigenvalue weighted by atomic mass is 32.2. The molecule has 1 aromatic rings. The van der Waals surface area contributed by atoms with E-state index in [4.69, 9.17) is 4.52 Å². The van der Waals surface area contributed by atoms with Crippen molar-refractivity contribution < 1.29 is 12.9 Å². The van der Waals surface area contributed by atoms with E-state index in [1.807, 2.05) is 4.31 Å². The number of sulfonamides is 1. The fraction of sp³-hybridized carbons (Fsp3) is 0.824. The van der Waals surface area contributed by atoms with Crippen molar-refractivity contribution in [1.82, 2.24) is 9.46 Å². The van der Waals surface area contributed by atoms with Crippen molar-refractivity contribution in [2.24, 2.45) is 0 Å². The van der Waals surface area contributed by atoms with Crippen LogP contribution >= 0.6 is 0 Å². The average Bonchev–Trinajstić information content (AvgIpc) is 2.89. The normalized spacial score (nSPS) is 21.9. The van der Waals surface area contributed by atoms with Gasteiger partial charge in [0, 0.05) is 12.1 Å². The third kappa shape index (κ3) is 3.33. The zero-order chi connectivity index (χ0) is 16.4. The Balaban J connectivity index is 1.99. The van der Waals surface area contributed by atoms with Gasteiger partial charge in [0.05, 0.1) is 0 Å². The minimum Gasteiger partial charge on any atom is -0.360 e. The molecule has 5 nitrogen and oxygen atoms in total. The molecular formula is C17H28N2O3S. The van der Waals surface area contributed by atoms with E-state index in [1.165, 1.54) is 12.8 Å². The molecule has 23 heavy (non-hydrogen) atoms. The summed E-state index contributed by atoms with van der Waals surface area (Å²) in [4.78, 5) is 0.300. The fourth-order valence-corrected chi connectivity index (χ4v) is 6.54. The molecule has 0 saturated heterocycles. The summed E-state index contributed by atoms with van der Waals surface area (Å²) in [5, 5.41) is 3.87. The second kappa shape index (κ2) is 6.93. The van der Waals surface area contributed by atoms with Crippen LogP contribution in [0.1, 0.15) is 75.7 Å². The van der Waals surface area contributed by atoms with Crippen LogP contribution in [0.5, 0.6) is 0 Å². The van der Waals surface area contributed by atoms with Gasteiger partial charge in [-0.2, -0.15) is 4.31 Å². The summed E-state index contributed by atoms with van der Waals surface area (Å²) in [5.74, 6) is 0.416. The van der Waals surface area contributed by atoms with Crippen molar-refractivity contribution in [3.8, 4) is 0 Å². The molecule has 2 saturated carbocycles. The molecule has 2 fully saturated rings. The highest BCUT2D eigenvalue weighted by molar-refractivity contribution is 7.89. The van der Waals surface area contributed by atoms with E-state index < -0.39 is 10.0 Å². The first-order valence-electron chi connectivity index (χ1n) is 8.98. The van der Waals surface area contributed by atoms with E-state index in [0.29, 0.717) is 16.3 Å². The number of hydrogen-bond donors (Lipinski definition) is 0. The lowest BCUT2D eigenvalue weighted by atomic mass is 9.91. The summed E-state index contributed by atoms with van der Waals surface area (Å²) in [6, 6.07) is 0.288. The van der Waals surface area contributed by atoms with Crippen molar-refractivity contribution in [3.63, 3.8) is 0 Å². The van der Waals surface area contributed by atoms with Crippen molar-refractivity contribution in [2.75, 3.05) is 0 Å². The molecule has 1 heterocycles. The Morgan fingerprint density at radius 3 is 1.78 bits per heavy atom. The Morgan fingerprint density at radius 1 is 0.913 bits per heavy atom. The molecule has 0 spiro atoms. The van der Waals surface area contributed by atoms with Crippen LogP contribution in [-0.2, 0) is 10.0 Å². The number of rotatable bonds is 4. The SMILES string of the molecule is Cc1noc(C)c1S(=O)(=O)N(C1CCCCC1)C1CCCCC1. The minimum atomic E-state index is -3.54. The lowest BCUT2D eigenvalue weighted by Gasteiger charge is -2.40. The van der Waals surface area contributed by atoms with Gasteiger partial charge < -0.3 is 4.52 Å². The van der Waals surface area contributed by atoms with Gasteiger partial charge in [-0.3, -0.25) is 0 Å². The number of nitrogens with zero attached hydrogens (tertiary/aromatic N) is 2. The van der Waals surface area contributed by atoms with Crippen LogP contribution in [0, 0.1) is 13.8 Å². The summed E-state index contributed by atoms with van der Waals surface area (Å²) >= 11 is 0. The summed E-state index contributed by atoms with van der Waals surface area (Å²) < 4.78 is 33.9. The summed E-state index contributed by atoms with van der Waals surface area (Å²) in [6.45, 7) is 3.43. The van der Waals surface area contributed by atoms with Crippen molar-refractivity contribution >= 4 is 10.0 Å². The van der Waals surface area contributed by atoms with E-state index in [9.17, 15) is 8.42 Å². The van der Waals surface area contributed by atoms with Gasteiger partial charge in [-0.15, -0.1) is 0 Å². The zero-order valence-corrected chi connectivity index (χ0v) is 15.1. The summed E-state index contributed by atoms with van der Waals surface area (Å²) in [7, 11) is -3.54. The molecule has 1 aromatic heterocycles. The van der Waals surface area contributed by atoms with Crippen molar-refractivity contribution in [1.29, 1.82) is 0 Å². The largest absolute Gasteiger partial charge is 0.360 e. The Morgan fingerprint density at radius 2 is 1.39 bits per heavy atom. The molecule has 0 aliphatic heterocycles. The first-order chi connectivity index (χ1) is 11.0. The summed E-state index contributed by atoms with van der Waals surface area (Å²) in [5.41, 5.74) is 0.485. The Kier molecular flexibility index (Phi) is 5.11. The topological polar surface area (TPSA) is 63.4 Å². The lowest BCUT2D eigenvalue weighted by Crippen LogP contribution is -2.48. The molecule has 2 aliphatic carbocycles. The number of aryl methyl sites for hydroxylation is 2. The zero-order valence-electron chi connectivity index (χ0n) is 14.3. The van der Waals surface area contributed by atoms with Gasteiger partial charge in [-0.25, -0.2) is 8.42 Å². The van der Waals surface area contributed by atoms with Gasteiger partial charge in [0.25, 0.3) is 0 Å². The van der Waals surface area contributed by atoms with Crippen LogP contribution in [-0.4, -0.2) is 30.0 Å². The van der Waals surface area contributed by atoms with Crippen LogP contribution in [0.25, 0.3) is 0 Å². The molecule has 0 N–H and O–H groups in total. The molecule has 0 amide bonds. The second-order valence-electron chi connectivity index (χ2n) is 7.07. The molecule has 3 rings (SSSR count). The third-order valence-corrected chi connectivity index (χ3v) is 7.62. The number of aromatic nitrogens is 1. The molecule has 130 valence electrons. The first-order valence-corrected chi connectivity index (χ1v) is 10.4. The standard InChI is InChI=1S/C17H28N2O3S/c1-13-17(14(2)22-18-13)23(20,21)19(15-9-5-3-6-10-15)16-11-7-4-8-12-16/h15-16H,3-12H2,1-2H3. The van der Waals surface area contributed by atoms with Gasteiger partial charge in [-0.05, 0) is 39.5 Å². The monoisotopic (exact) mass is 340 g/mol. The van der Waals surface area contributed by atoms with Crippen LogP contribution in [0.15, 0.2) is 9.42 Å². The molecule has 0 unspecified atom stereocenters. The van der Waals surface area contributed by atoms with Gasteiger partial charge in [0.15, 0.2) is 5.76 Å². The van der Waals surface area contributed by atoms with Gasteiger partial charge in [-0.1, -0.05) is 43.7 Å². The van der Waals surface area contributed by atoms with E-state index >= 15 is 0 Å². The molecule has 6 heteroatoms. The van der Waals surface area contributed by atoms with Gasteiger partial charge in [0.2, 0.25) is 10.0 Å². The Bertz CT molecular complexity index is 589. The predicted molar refractivity (Wildman–Crippen MR) is 88.7 cm³/mol.